The number of piperazine rings is 1. The lowest BCUT2D eigenvalue weighted by molar-refractivity contribution is 0.475. The van der Waals surface area contributed by atoms with Gasteiger partial charge in [-0.05, 0) is 55.8 Å². The third-order valence-corrected chi connectivity index (χ3v) is 5.62. The predicted octanol–water partition coefficient (Wildman–Crippen LogP) is 3.46. The summed E-state index contributed by atoms with van der Waals surface area (Å²) in [6.07, 6.45) is 1.83. The average Bonchev–Trinajstić information content (AvgIpc) is 3.19. The van der Waals surface area contributed by atoms with Gasteiger partial charge in [0, 0.05) is 37.6 Å². The van der Waals surface area contributed by atoms with Gasteiger partial charge in [0.05, 0.1) is 5.69 Å². The van der Waals surface area contributed by atoms with Crippen molar-refractivity contribution in [3.63, 3.8) is 0 Å². The molecule has 1 N–H and O–H groups in total. The second kappa shape index (κ2) is 7.33. The van der Waals surface area contributed by atoms with Crippen LogP contribution in [0, 0.1) is 13.8 Å². The Morgan fingerprint density at radius 1 is 0.833 bits per heavy atom. The van der Waals surface area contributed by atoms with Gasteiger partial charge in [0.2, 0.25) is 5.95 Å². The largest absolute Gasteiger partial charge is 0.508 e. The first kappa shape index (κ1) is 18.4. The third kappa shape index (κ3) is 3.32. The number of aryl methyl sites for hydroxylation is 2. The molecule has 0 spiro atoms. The van der Waals surface area contributed by atoms with Crippen LogP contribution in [0.4, 0.5) is 11.6 Å². The predicted molar refractivity (Wildman–Crippen MR) is 119 cm³/mol. The molecule has 152 valence electrons. The van der Waals surface area contributed by atoms with Crippen LogP contribution in [0.15, 0.2) is 54.9 Å². The van der Waals surface area contributed by atoms with Crippen molar-refractivity contribution in [2.45, 2.75) is 13.8 Å². The maximum absolute atomic E-state index is 9.51. The topological polar surface area (TPSA) is 70.3 Å². The van der Waals surface area contributed by atoms with Crippen molar-refractivity contribution in [3.8, 4) is 11.4 Å². The minimum absolute atomic E-state index is 0.291. The van der Waals surface area contributed by atoms with Gasteiger partial charge in [0.25, 0.3) is 0 Å². The van der Waals surface area contributed by atoms with Crippen LogP contribution in [-0.4, -0.2) is 50.8 Å². The van der Waals surface area contributed by atoms with Gasteiger partial charge in [-0.15, -0.1) is 0 Å². The highest BCUT2D eigenvalue weighted by Crippen LogP contribution is 2.24. The summed E-state index contributed by atoms with van der Waals surface area (Å²) in [5.74, 6) is 1.04. The molecule has 2 aromatic heterocycles. The van der Waals surface area contributed by atoms with Crippen molar-refractivity contribution >= 4 is 22.8 Å². The minimum atomic E-state index is 0.291. The standard InChI is InChI=1S/C23H24N6O/c1-16-4-3-5-19(14-16)29-15-24-21-17(2)25-23(26-22(21)29)28-12-10-27(11-13-28)18-6-8-20(30)9-7-18/h3-9,14-15,30H,10-13H2,1-2H3. The van der Waals surface area contributed by atoms with E-state index in [2.05, 4.69) is 39.9 Å². The van der Waals surface area contributed by atoms with E-state index < -0.39 is 0 Å². The van der Waals surface area contributed by atoms with E-state index in [-0.39, 0.29) is 0 Å². The molecule has 30 heavy (non-hydrogen) atoms. The van der Waals surface area contributed by atoms with Crippen LogP contribution >= 0.6 is 0 Å². The van der Waals surface area contributed by atoms with E-state index >= 15 is 0 Å². The number of phenolic OH excluding ortho intramolecular Hbond substituents is 1. The molecule has 7 heteroatoms. The number of nitrogens with zero attached hydrogens (tertiary/aromatic N) is 6. The van der Waals surface area contributed by atoms with Crippen LogP contribution < -0.4 is 9.80 Å². The molecular weight excluding hydrogens is 376 g/mol. The number of anilines is 2. The zero-order valence-corrected chi connectivity index (χ0v) is 17.2. The lowest BCUT2D eigenvalue weighted by Crippen LogP contribution is -2.47. The maximum Gasteiger partial charge on any atom is 0.227 e. The van der Waals surface area contributed by atoms with Gasteiger partial charge in [0.15, 0.2) is 5.65 Å². The average molecular weight is 400 g/mol. The first-order valence-electron chi connectivity index (χ1n) is 10.2. The number of benzene rings is 2. The number of rotatable bonds is 3. The highest BCUT2D eigenvalue weighted by atomic mass is 16.3. The first-order valence-corrected chi connectivity index (χ1v) is 10.2. The first-order chi connectivity index (χ1) is 14.6. The minimum Gasteiger partial charge on any atom is -0.508 e. The molecule has 1 aliphatic heterocycles. The van der Waals surface area contributed by atoms with E-state index in [4.69, 9.17) is 9.97 Å². The Labute approximate surface area is 175 Å². The summed E-state index contributed by atoms with van der Waals surface area (Å²) in [7, 11) is 0. The van der Waals surface area contributed by atoms with E-state index in [0.717, 1.165) is 60.4 Å². The van der Waals surface area contributed by atoms with E-state index in [9.17, 15) is 5.11 Å². The molecule has 4 aromatic rings. The van der Waals surface area contributed by atoms with E-state index in [1.165, 1.54) is 5.56 Å². The molecule has 0 bridgehead atoms. The molecule has 0 amide bonds. The number of hydrogen-bond acceptors (Lipinski definition) is 6. The number of fused-ring (bicyclic) bond motifs is 1. The van der Waals surface area contributed by atoms with E-state index in [1.807, 2.05) is 36.0 Å². The summed E-state index contributed by atoms with van der Waals surface area (Å²) < 4.78 is 2.03. The number of hydrogen-bond donors (Lipinski definition) is 1. The van der Waals surface area contributed by atoms with Gasteiger partial charge >= 0.3 is 0 Å². The van der Waals surface area contributed by atoms with Crippen molar-refractivity contribution < 1.29 is 5.11 Å². The summed E-state index contributed by atoms with van der Waals surface area (Å²) in [4.78, 5) is 18.8. The highest BCUT2D eigenvalue weighted by molar-refractivity contribution is 5.76. The second-order valence-electron chi connectivity index (χ2n) is 7.73. The van der Waals surface area contributed by atoms with Crippen LogP contribution in [-0.2, 0) is 0 Å². The highest BCUT2D eigenvalue weighted by Gasteiger charge is 2.21. The van der Waals surface area contributed by atoms with Gasteiger partial charge < -0.3 is 14.9 Å². The molecule has 0 radical (unpaired) electrons. The van der Waals surface area contributed by atoms with Crippen molar-refractivity contribution in [3.05, 3.63) is 66.1 Å². The normalized spacial score (nSPS) is 14.5. The van der Waals surface area contributed by atoms with Crippen molar-refractivity contribution in [2.75, 3.05) is 36.0 Å². The van der Waals surface area contributed by atoms with Gasteiger partial charge in [-0.25, -0.2) is 9.97 Å². The fraction of sp³-hybridized carbons (Fsp3) is 0.261. The fourth-order valence-electron chi connectivity index (χ4n) is 3.96. The molecule has 1 saturated heterocycles. The van der Waals surface area contributed by atoms with Crippen LogP contribution in [0.2, 0.25) is 0 Å². The molecule has 1 aliphatic rings. The van der Waals surface area contributed by atoms with Crippen LogP contribution in [0.3, 0.4) is 0 Å². The molecular formula is C23H24N6O. The summed E-state index contributed by atoms with van der Waals surface area (Å²) in [6, 6.07) is 15.7. The van der Waals surface area contributed by atoms with Gasteiger partial charge in [-0.2, -0.15) is 4.98 Å². The summed E-state index contributed by atoms with van der Waals surface area (Å²) in [5, 5.41) is 9.51. The van der Waals surface area contributed by atoms with Crippen molar-refractivity contribution in [2.24, 2.45) is 0 Å². The maximum atomic E-state index is 9.51. The van der Waals surface area contributed by atoms with Gasteiger partial charge in [-0.3, -0.25) is 4.57 Å². The summed E-state index contributed by atoms with van der Waals surface area (Å²) in [5.41, 5.74) is 5.94. The Kier molecular flexibility index (Phi) is 4.50. The SMILES string of the molecule is Cc1cccc(-n2cnc3c(C)nc(N4CCN(c5ccc(O)cc5)CC4)nc32)c1. The van der Waals surface area contributed by atoms with E-state index in [0.29, 0.717) is 5.75 Å². The lowest BCUT2D eigenvalue weighted by atomic mass is 10.2. The monoisotopic (exact) mass is 400 g/mol. The Morgan fingerprint density at radius 2 is 1.57 bits per heavy atom. The molecule has 3 heterocycles. The Morgan fingerprint density at radius 3 is 2.30 bits per heavy atom. The molecule has 0 unspecified atom stereocenters. The van der Waals surface area contributed by atoms with Crippen molar-refractivity contribution in [1.29, 1.82) is 0 Å². The van der Waals surface area contributed by atoms with Gasteiger partial charge in [-0.1, -0.05) is 12.1 Å². The van der Waals surface area contributed by atoms with Crippen LogP contribution in [0.1, 0.15) is 11.3 Å². The number of aromatic nitrogens is 4. The summed E-state index contributed by atoms with van der Waals surface area (Å²) >= 11 is 0. The molecule has 5 rings (SSSR count). The number of phenols is 1. The zero-order chi connectivity index (χ0) is 20.7. The molecule has 0 aliphatic carbocycles. The zero-order valence-electron chi connectivity index (χ0n) is 17.2. The molecule has 1 fully saturated rings. The van der Waals surface area contributed by atoms with Gasteiger partial charge in [0.1, 0.15) is 17.6 Å². The molecule has 0 atom stereocenters. The molecule has 7 nitrogen and oxygen atoms in total. The number of aromatic hydroxyl groups is 1. The van der Waals surface area contributed by atoms with Crippen molar-refractivity contribution in [1.82, 2.24) is 19.5 Å². The van der Waals surface area contributed by atoms with Crippen LogP contribution in [0.25, 0.3) is 16.9 Å². The Bertz CT molecular complexity index is 1190. The van der Waals surface area contributed by atoms with Crippen LogP contribution in [0.5, 0.6) is 5.75 Å². The molecule has 0 saturated carbocycles. The fourth-order valence-corrected chi connectivity index (χ4v) is 3.96. The number of imidazole rings is 1. The molecule has 2 aromatic carbocycles. The van der Waals surface area contributed by atoms with E-state index in [1.54, 1.807) is 12.1 Å². The Balaban J connectivity index is 1.42. The Hall–Kier alpha value is -3.61. The lowest BCUT2D eigenvalue weighted by Gasteiger charge is -2.36. The smallest absolute Gasteiger partial charge is 0.227 e. The summed E-state index contributed by atoms with van der Waals surface area (Å²) in [6.45, 7) is 7.51. The second-order valence-corrected chi connectivity index (χ2v) is 7.73. The quantitative estimate of drug-likeness (QED) is 0.568. The third-order valence-electron chi connectivity index (χ3n) is 5.62.